The quantitative estimate of drug-likeness (QED) is 0.838. The van der Waals surface area contributed by atoms with Crippen LogP contribution in [0, 0.1) is 6.92 Å². The third kappa shape index (κ3) is 4.92. The number of ether oxygens (including phenoxy) is 1. The van der Waals surface area contributed by atoms with E-state index in [1.165, 1.54) is 5.56 Å². The lowest BCUT2D eigenvalue weighted by Gasteiger charge is -2.20. The van der Waals surface area contributed by atoms with Crippen molar-refractivity contribution >= 4 is 5.91 Å². The van der Waals surface area contributed by atoms with E-state index in [1.807, 2.05) is 37.3 Å². The van der Waals surface area contributed by atoms with E-state index in [0.29, 0.717) is 13.0 Å². The highest BCUT2D eigenvalue weighted by atomic mass is 16.5. The Kier molecular flexibility index (Phi) is 6.01. The molecule has 3 heteroatoms. The van der Waals surface area contributed by atoms with Gasteiger partial charge in [0.15, 0.2) is 0 Å². The van der Waals surface area contributed by atoms with Crippen molar-refractivity contribution in [1.29, 1.82) is 0 Å². The molecule has 1 atom stereocenters. The Morgan fingerprint density at radius 3 is 2.41 bits per heavy atom. The minimum atomic E-state index is -0.191. The molecule has 0 aromatic heterocycles. The van der Waals surface area contributed by atoms with Crippen molar-refractivity contribution in [2.45, 2.75) is 32.8 Å². The van der Waals surface area contributed by atoms with E-state index in [1.54, 1.807) is 0 Å². The van der Waals surface area contributed by atoms with Crippen LogP contribution in [0.5, 0.6) is 5.75 Å². The Balaban J connectivity index is 2.09. The number of hydrogen-bond donors (Lipinski definition) is 1. The number of benzene rings is 2. The van der Waals surface area contributed by atoms with E-state index in [0.717, 1.165) is 17.7 Å². The summed E-state index contributed by atoms with van der Waals surface area (Å²) < 4.78 is 6.05. The van der Waals surface area contributed by atoms with Gasteiger partial charge in [-0.05, 0) is 31.0 Å². The summed E-state index contributed by atoms with van der Waals surface area (Å²) in [5.41, 5.74) is 2.27. The molecule has 0 aliphatic heterocycles. The molecule has 0 aliphatic carbocycles. The fourth-order valence-electron chi connectivity index (χ4n) is 2.19. The molecular formula is C19H23NO2. The van der Waals surface area contributed by atoms with Crippen LogP contribution in [-0.4, -0.2) is 12.5 Å². The second-order valence-corrected chi connectivity index (χ2v) is 5.38. The van der Waals surface area contributed by atoms with Crippen LogP contribution in [0.2, 0.25) is 0 Å². The molecule has 1 N–H and O–H groups in total. The number of rotatable bonds is 7. The summed E-state index contributed by atoms with van der Waals surface area (Å²) in [6, 6.07) is 17.9. The first-order chi connectivity index (χ1) is 10.7. The van der Waals surface area contributed by atoms with Gasteiger partial charge in [-0.1, -0.05) is 55.0 Å². The molecule has 2 aromatic rings. The van der Waals surface area contributed by atoms with Crippen LogP contribution in [0.25, 0.3) is 0 Å². The first kappa shape index (κ1) is 16.1. The summed E-state index contributed by atoms with van der Waals surface area (Å²) in [4.78, 5) is 11.7. The molecule has 0 heterocycles. The van der Waals surface area contributed by atoms with Crippen LogP contribution in [0.4, 0.5) is 0 Å². The van der Waals surface area contributed by atoms with E-state index < -0.39 is 0 Å². The van der Waals surface area contributed by atoms with Crippen molar-refractivity contribution in [2.75, 3.05) is 6.54 Å². The van der Waals surface area contributed by atoms with Gasteiger partial charge in [-0.15, -0.1) is 0 Å². The number of carbonyl (C=O) groups is 1. The number of nitrogens with one attached hydrogen (secondary N) is 1. The summed E-state index contributed by atoms with van der Waals surface area (Å²) in [5.74, 6) is 0.870. The molecule has 0 saturated carbocycles. The maximum atomic E-state index is 11.7. The molecule has 0 unspecified atom stereocenters. The molecule has 0 bridgehead atoms. The van der Waals surface area contributed by atoms with Gasteiger partial charge in [0.1, 0.15) is 11.9 Å². The van der Waals surface area contributed by atoms with Crippen LogP contribution in [-0.2, 0) is 4.79 Å². The van der Waals surface area contributed by atoms with Gasteiger partial charge in [-0.3, -0.25) is 4.79 Å². The predicted octanol–water partition coefficient (Wildman–Crippen LogP) is 4.03. The Morgan fingerprint density at radius 1 is 1.09 bits per heavy atom. The first-order valence-corrected chi connectivity index (χ1v) is 7.74. The zero-order chi connectivity index (χ0) is 15.8. The number of amides is 1. The molecule has 0 fully saturated rings. The largest absolute Gasteiger partial charge is 0.484 e. The third-order valence-electron chi connectivity index (χ3n) is 3.43. The van der Waals surface area contributed by atoms with Gasteiger partial charge in [0, 0.05) is 6.42 Å². The van der Waals surface area contributed by atoms with Crippen molar-refractivity contribution in [3.63, 3.8) is 0 Å². The van der Waals surface area contributed by atoms with E-state index >= 15 is 0 Å². The van der Waals surface area contributed by atoms with Crippen molar-refractivity contribution in [3.05, 3.63) is 65.7 Å². The Morgan fingerprint density at radius 2 is 1.77 bits per heavy atom. The molecule has 22 heavy (non-hydrogen) atoms. The van der Waals surface area contributed by atoms with Crippen molar-refractivity contribution in [1.82, 2.24) is 5.32 Å². The lowest BCUT2D eigenvalue weighted by molar-refractivity contribution is -0.121. The van der Waals surface area contributed by atoms with Gasteiger partial charge in [-0.2, -0.15) is 0 Å². The van der Waals surface area contributed by atoms with Gasteiger partial charge < -0.3 is 10.1 Å². The third-order valence-corrected chi connectivity index (χ3v) is 3.43. The van der Waals surface area contributed by atoms with Crippen LogP contribution in [0.1, 0.15) is 37.0 Å². The zero-order valence-corrected chi connectivity index (χ0v) is 13.2. The topological polar surface area (TPSA) is 38.3 Å². The van der Waals surface area contributed by atoms with Gasteiger partial charge in [0.2, 0.25) is 5.91 Å². The van der Waals surface area contributed by atoms with Crippen molar-refractivity contribution in [3.8, 4) is 5.75 Å². The van der Waals surface area contributed by atoms with Crippen molar-refractivity contribution in [2.24, 2.45) is 0 Å². The van der Waals surface area contributed by atoms with E-state index in [9.17, 15) is 4.79 Å². The maximum Gasteiger partial charge on any atom is 0.220 e. The second kappa shape index (κ2) is 8.23. The maximum absolute atomic E-state index is 11.7. The molecule has 2 rings (SSSR count). The lowest BCUT2D eigenvalue weighted by Crippen LogP contribution is -2.30. The minimum Gasteiger partial charge on any atom is -0.484 e. The van der Waals surface area contributed by atoms with Crippen LogP contribution in [0.3, 0.4) is 0 Å². The fourth-order valence-corrected chi connectivity index (χ4v) is 2.19. The lowest BCUT2D eigenvalue weighted by atomic mass is 10.1. The summed E-state index contributed by atoms with van der Waals surface area (Å²) in [7, 11) is 0. The van der Waals surface area contributed by atoms with Crippen LogP contribution >= 0.6 is 0 Å². The molecule has 0 spiro atoms. The highest BCUT2D eigenvalue weighted by molar-refractivity contribution is 5.75. The highest BCUT2D eigenvalue weighted by Crippen LogP contribution is 2.21. The summed E-state index contributed by atoms with van der Waals surface area (Å²) >= 11 is 0. The van der Waals surface area contributed by atoms with Gasteiger partial charge in [-0.25, -0.2) is 0 Å². The molecule has 2 aromatic carbocycles. The molecule has 1 amide bonds. The molecule has 0 radical (unpaired) electrons. The first-order valence-electron chi connectivity index (χ1n) is 7.74. The Bertz CT molecular complexity index is 578. The smallest absolute Gasteiger partial charge is 0.220 e. The standard InChI is InChI=1S/C19H23NO2/c1-3-7-19(21)20-14-18(16-12-10-15(2)11-13-16)22-17-8-5-4-6-9-17/h4-6,8-13,18H,3,7,14H2,1-2H3,(H,20,21)/t18-/m1/s1. The van der Waals surface area contributed by atoms with Gasteiger partial charge in [0.25, 0.3) is 0 Å². The monoisotopic (exact) mass is 297 g/mol. The molecule has 0 aliphatic rings. The van der Waals surface area contributed by atoms with E-state index in [2.05, 4.69) is 36.5 Å². The summed E-state index contributed by atoms with van der Waals surface area (Å²) in [6.45, 7) is 4.52. The van der Waals surface area contributed by atoms with E-state index in [4.69, 9.17) is 4.74 Å². The van der Waals surface area contributed by atoms with Gasteiger partial charge in [0.05, 0.1) is 6.54 Å². The average molecular weight is 297 g/mol. The Hall–Kier alpha value is -2.29. The molecule has 3 nitrogen and oxygen atoms in total. The number of aryl methyl sites for hydroxylation is 1. The number of carbonyl (C=O) groups excluding carboxylic acids is 1. The summed E-state index contributed by atoms with van der Waals surface area (Å²) in [6.07, 6.45) is 1.20. The second-order valence-electron chi connectivity index (χ2n) is 5.38. The summed E-state index contributed by atoms with van der Waals surface area (Å²) in [5, 5.41) is 2.95. The predicted molar refractivity (Wildman–Crippen MR) is 88.9 cm³/mol. The van der Waals surface area contributed by atoms with Gasteiger partial charge >= 0.3 is 0 Å². The normalized spacial score (nSPS) is 11.7. The van der Waals surface area contributed by atoms with Crippen LogP contribution in [0.15, 0.2) is 54.6 Å². The average Bonchev–Trinajstić information content (AvgIpc) is 2.53. The number of hydrogen-bond acceptors (Lipinski definition) is 2. The molecular weight excluding hydrogens is 274 g/mol. The zero-order valence-electron chi connectivity index (χ0n) is 13.2. The minimum absolute atomic E-state index is 0.0660. The Labute approximate surface area is 132 Å². The van der Waals surface area contributed by atoms with Crippen LogP contribution < -0.4 is 10.1 Å². The van der Waals surface area contributed by atoms with Crippen molar-refractivity contribution < 1.29 is 9.53 Å². The molecule has 116 valence electrons. The SMILES string of the molecule is CCCC(=O)NC[C@@H](Oc1ccccc1)c1ccc(C)cc1. The fraction of sp³-hybridized carbons (Fsp3) is 0.316. The molecule has 0 saturated heterocycles. The van der Waals surface area contributed by atoms with E-state index in [-0.39, 0.29) is 12.0 Å². The highest BCUT2D eigenvalue weighted by Gasteiger charge is 2.14. The number of para-hydroxylation sites is 1.